The van der Waals surface area contributed by atoms with Crippen LogP contribution in [-0.4, -0.2) is 53.0 Å². The number of esters is 1. The summed E-state index contributed by atoms with van der Waals surface area (Å²) in [5.74, 6) is -0.747. The van der Waals surface area contributed by atoms with Gasteiger partial charge in [-0.25, -0.2) is 17.9 Å². The smallest absolute Gasteiger partial charge is 0.339 e. The van der Waals surface area contributed by atoms with Gasteiger partial charge in [-0.05, 0) is 12.1 Å². The van der Waals surface area contributed by atoms with Crippen molar-refractivity contribution >= 4 is 16.0 Å². The van der Waals surface area contributed by atoms with Gasteiger partial charge < -0.3 is 14.6 Å². The van der Waals surface area contributed by atoms with Crippen LogP contribution in [0.4, 0.5) is 0 Å². The molecule has 0 aromatic heterocycles. The Hall–Kier alpha value is -1.48. The van der Waals surface area contributed by atoms with Crippen molar-refractivity contribution < 1.29 is 27.8 Å². The number of hydrogen-bond acceptors (Lipinski definition) is 6. The van der Waals surface area contributed by atoms with E-state index in [1.54, 1.807) is 0 Å². The number of ether oxygens (including phenoxy) is 2. The second-order valence-electron chi connectivity index (χ2n) is 3.95. The topological polar surface area (TPSA) is 102 Å². The number of sulfonamides is 1. The molecule has 0 heterocycles. The van der Waals surface area contributed by atoms with E-state index in [1.807, 2.05) is 0 Å². The third kappa shape index (κ3) is 4.27. The molecule has 1 aromatic rings. The first kappa shape index (κ1) is 16.6. The van der Waals surface area contributed by atoms with Gasteiger partial charge in [0.2, 0.25) is 10.0 Å². The van der Waals surface area contributed by atoms with Gasteiger partial charge >= 0.3 is 5.97 Å². The first-order valence-electron chi connectivity index (χ1n) is 5.76. The number of carbonyl (C=O) groups is 1. The molecule has 0 radical (unpaired) electrons. The zero-order chi connectivity index (χ0) is 15.2. The minimum atomic E-state index is -3.93. The van der Waals surface area contributed by atoms with Gasteiger partial charge in [0.25, 0.3) is 0 Å². The summed E-state index contributed by atoms with van der Waals surface area (Å²) < 4.78 is 35.7. The van der Waals surface area contributed by atoms with Crippen molar-refractivity contribution in [2.45, 2.75) is 11.0 Å². The summed E-state index contributed by atoms with van der Waals surface area (Å²) in [7, 11) is -1.36. The predicted molar refractivity (Wildman–Crippen MR) is 70.9 cm³/mol. The van der Waals surface area contributed by atoms with Crippen LogP contribution in [0, 0.1) is 0 Å². The third-order valence-electron chi connectivity index (χ3n) is 2.45. The van der Waals surface area contributed by atoms with Crippen LogP contribution in [0.1, 0.15) is 10.4 Å². The van der Waals surface area contributed by atoms with Gasteiger partial charge in [-0.1, -0.05) is 12.1 Å². The van der Waals surface area contributed by atoms with Crippen molar-refractivity contribution in [1.82, 2.24) is 4.72 Å². The number of nitrogens with one attached hydrogen (secondary N) is 1. The highest BCUT2D eigenvalue weighted by atomic mass is 32.2. The molecule has 20 heavy (non-hydrogen) atoms. The van der Waals surface area contributed by atoms with Gasteiger partial charge in [0, 0.05) is 13.7 Å². The summed E-state index contributed by atoms with van der Waals surface area (Å²) in [4.78, 5) is 11.3. The molecule has 0 bridgehead atoms. The Morgan fingerprint density at radius 1 is 1.35 bits per heavy atom. The SMILES string of the molecule is COCC(O)CNS(=O)(=O)c1ccccc1C(=O)OC. The van der Waals surface area contributed by atoms with Gasteiger partial charge in [-0.3, -0.25) is 0 Å². The van der Waals surface area contributed by atoms with Crippen molar-refractivity contribution in [3.63, 3.8) is 0 Å². The van der Waals surface area contributed by atoms with E-state index in [0.717, 1.165) is 0 Å². The van der Waals surface area contributed by atoms with E-state index in [9.17, 15) is 18.3 Å². The average molecular weight is 303 g/mol. The molecule has 0 aliphatic heterocycles. The molecule has 112 valence electrons. The van der Waals surface area contributed by atoms with Crippen LogP contribution in [0.2, 0.25) is 0 Å². The van der Waals surface area contributed by atoms with Gasteiger partial charge in [0.1, 0.15) is 0 Å². The van der Waals surface area contributed by atoms with Crippen LogP contribution in [-0.2, 0) is 19.5 Å². The highest BCUT2D eigenvalue weighted by Gasteiger charge is 2.23. The minimum Gasteiger partial charge on any atom is -0.465 e. The number of carbonyl (C=O) groups excluding carboxylic acids is 1. The average Bonchev–Trinajstić information content (AvgIpc) is 2.45. The molecular formula is C12H17NO6S. The summed E-state index contributed by atoms with van der Waals surface area (Å²) in [6, 6.07) is 5.67. The van der Waals surface area contributed by atoms with Crippen molar-refractivity contribution in [1.29, 1.82) is 0 Å². The number of methoxy groups -OCH3 is 2. The lowest BCUT2D eigenvalue weighted by Crippen LogP contribution is -2.35. The van der Waals surface area contributed by atoms with Crippen molar-refractivity contribution in [2.75, 3.05) is 27.4 Å². The second kappa shape index (κ2) is 7.34. The maximum atomic E-state index is 12.1. The van der Waals surface area contributed by atoms with Crippen molar-refractivity contribution in [3.05, 3.63) is 29.8 Å². The molecule has 1 rings (SSSR count). The first-order chi connectivity index (χ1) is 9.42. The molecule has 0 spiro atoms. The summed E-state index contributed by atoms with van der Waals surface area (Å²) in [5.41, 5.74) is -0.0660. The molecule has 0 aliphatic rings. The third-order valence-corrected chi connectivity index (χ3v) is 3.93. The first-order valence-corrected chi connectivity index (χ1v) is 7.24. The lowest BCUT2D eigenvalue weighted by Gasteiger charge is -2.13. The Bertz CT molecular complexity index is 557. The summed E-state index contributed by atoms with van der Waals surface area (Å²) in [6.07, 6.45) is -0.972. The van der Waals surface area contributed by atoms with Gasteiger partial charge in [0.15, 0.2) is 0 Å². The van der Waals surface area contributed by atoms with Gasteiger partial charge in [-0.2, -0.15) is 0 Å². The highest BCUT2D eigenvalue weighted by molar-refractivity contribution is 7.89. The van der Waals surface area contributed by atoms with E-state index in [2.05, 4.69) is 9.46 Å². The number of rotatable bonds is 7. The van der Waals surface area contributed by atoms with Gasteiger partial charge in [-0.15, -0.1) is 0 Å². The predicted octanol–water partition coefficient (Wildman–Crippen LogP) is -0.241. The highest BCUT2D eigenvalue weighted by Crippen LogP contribution is 2.16. The lowest BCUT2D eigenvalue weighted by molar-refractivity contribution is 0.0596. The molecule has 0 fully saturated rings. The number of hydrogen-bond donors (Lipinski definition) is 2. The molecule has 1 atom stereocenters. The molecule has 0 amide bonds. The van der Waals surface area contributed by atoms with Crippen LogP contribution in [0.15, 0.2) is 29.2 Å². The largest absolute Gasteiger partial charge is 0.465 e. The summed E-state index contributed by atoms with van der Waals surface area (Å²) >= 11 is 0. The van der Waals surface area contributed by atoms with E-state index in [-0.39, 0.29) is 23.6 Å². The summed E-state index contributed by atoms with van der Waals surface area (Å²) in [6.45, 7) is -0.215. The van der Waals surface area contributed by atoms with Crippen molar-refractivity contribution in [3.8, 4) is 0 Å². The summed E-state index contributed by atoms with van der Waals surface area (Å²) in [5, 5.41) is 9.44. The molecule has 1 unspecified atom stereocenters. The molecule has 7 nitrogen and oxygen atoms in total. The fourth-order valence-corrected chi connectivity index (χ4v) is 2.78. The van der Waals surface area contributed by atoms with E-state index in [4.69, 9.17) is 4.74 Å². The Morgan fingerprint density at radius 2 is 2.00 bits per heavy atom. The van der Waals surface area contributed by atoms with Crippen LogP contribution in [0.25, 0.3) is 0 Å². The van der Waals surface area contributed by atoms with Crippen LogP contribution < -0.4 is 4.72 Å². The second-order valence-corrected chi connectivity index (χ2v) is 5.68. The maximum Gasteiger partial charge on any atom is 0.339 e. The molecule has 0 saturated carbocycles. The van der Waals surface area contributed by atoms with Crippen molar-refractivity contribution in [2.24, 2.45) is 0 Å². The Kier molecular flexibility index (Phi) is 6.08. The maximum absolute atomic E-state index is 12.1. The molecular weight excluding hydrogens is 286 g/mol. The van der Waals surface area contributed by atoms with E-state index >= 15 is 0 Å². The van der Waals surface area contributed by atoms with Crippen LogP contribution >= 0.6 is 0 Å². The van der Waals surface area contributed by atoms with E-state index in [1.165, 1.54) is 38.5 Å². The van der Waals surface area contributed by atoms with Crippen LogP contribution in [0.3, 0.4) is 0 Å². The molecule has 0 saturated heterocycles. The molecule has 8 heteroatoms. The zero-order valence-corrected chi connectivity index (χ0v) is 12.0. The normalized spacial score (nSPS) is 12.9. The molecule has 0 aliphatic carbocycles. The monoisotopic (exact) mass is 303 g/mol. The molecule has 1 aromatic carbocycles. The number of aliphatic hydroxyl groups is 1. The number of benzene rings is 1. The number of aliphatic hydroxyl groups excluding tert-OH is 1. The fraction of sp³-hybridized carbons (Fsp3) is 0.417. The minimum absolute atomic E-state index is 0.00116. The lowest BCUT2D eigenvalue weighted by atomic mass is 10.2. The Labute approximate surface area is 117 Å². The Balaban J connectivity index is 2.95. The zero-order valence-electron chi connectivity index (χ0n) is 11.2. The standard InChI is InChI=1S/C12H17NO6S/c1-18-8-9(14)7-13-20(16,17)11-6-4-3-5-10(11)12(15)19-2/h3-6,9,13-14H,7-8H2,1-2H3. The fourth-order valence-electron chi connectivity index (χ4n) is 1.51. The van der Waals surface area contributed by atoms with Crippen LogP contribution in [0.5, 0.6) is 0 Å². The Morgan fingerprint density at radius 3 is 2.60 bits per heavy atom. The van der Waals surface area contributed by atoms with E-state index < -0.39 is 22.1 Å². The molecule has 2 N–H and O–H groups in total. The van der Waals surface area contributed by atoms with E-state index in [0.29, 0.717) is 0 Å². The quantitative estimate of drug-likeness (QED) is 0.674. The van der Waals surface area contributed by atoms with Gasteiger partial charge in [0.05, 0.1) is 30.3 Å².